The summed E-state index contributed by atoms with van der Waals surface area (Å²) in [5.74, 6) is -1.64. The van der Waals surface area contributed by atoms with Gasteiger partial charge in [0, 0.05) is 11.6 Å². The van der Waals surface area contributed by atoms with E-state index in [0.717, 1.165) is 6.08 Å². The predicted molar refractivity (Wildman–Crippen MR) is 75.5 cm³/mol. The van der Waals surface area contributed by atoms with Gasteiger partial charge in [0.05, 0.1) is 0 Å². The van der Waals surface area contributed by atoms with Crippen LogP contribution in [0.4, 0.5) is 4.39 Å². The first kappa shape index (κ1) is 14.6. The smallest absolute Gasteiger partial charge is 0.328 e. The average Bonchev–Trinajstić information content (AvgIpc) is 2.44. The fourth-order valence-corrected chi connectivity index (χ4v) is 1.77. The molecule has 0 radical (unpaired) electrons. The molecule has 0 saturated heterocycles. The Hall–Kier alpha value is -2.82. The number of phenols is 1. The Bertz CT molecular complexity index is 680. The molecule has 0 fully saturated rings. The molecule has 0 saturated carbocycles. The number of para-hydroxylation sites is 1. The summed E-state index contributed by atoms with van der Waals surface area (Å²) in [6.07, 6.45) is 2.18. The number of carboxylic acid groups (broad SMARTS) is 1. The van der Waals surface area contributed by atoms with Crippen molar-refractivity contribution in [2.45, 2.75) is 6.61 Å². The van der Waals surface area contributed by atoms with Crippen molar-refractivity contribution in [3.63, 3.8) is 0 Å². The summed E-state index contributed by atoms with van der Waals surface area (Å²) < 4.78 is 19.2. The van der Waals surface area contributed by atoms with Gasteiger partial charge in [0.2, 0.25) is 0 Å². The van der Waals surface area contributed by atoms with Crippen molar-refractivity contribution < 1.29 is 24.1 Å². The lowest BCUT2D eigenvalue weighted by atomic mass is 10.1. The molecular weight excluding hydrogens is 275 g/mol. The zero-order valence-corrected chi connectivity index (χ0v) is 11.0. The Balaban J connectivity index is 2.20. The second kappa shape index (κ2) is 6.56. The van der Waals surface area contributed by atoms with Gasteiger partial charge in [0.1, 0.15) is 12.4 Å². The van der Waals surface area contributed by atoms with Gasteiger partial charge in [-0.25, -0.2) is 9.18 Å². The predicted octanol–water partition coefficient (Wildman–Crippen LogP) is 3.21. The Labute approximate surface area is 120 Å². The fraction of sp³-hybridized carbons (Fsp3) is 0.0625. The number of carbonyl (C=O) groups is 1. The number of aromatic hydroxyl groups is 1. The monoisotopic (exact) mass is 288 g/mol. The number of halogens is 1. The zero-order valence-electron chi connectivity index (χ0n) is 11.0. The summed E-state index contributed by atoms with van der Waals surface area (Å²) >= 11 is 0. The van der Waals surface area contributed by atoms with Gasteiger partial charge in [0.25, 0.3) is 0 Å². The quantitative estimate of drug-likeness (QED) is 0.829. The first-order valence-electron chi connectivity index (χ1n) is 6.16. The van der Waals surface area contributed by atoms with Crippen molar-refractivity contribution in [2.24, 2.45) is 0 Å². The highest BCUT2D eigenvalue weighted by Crippen LogP contribution is 2.25. The number of ether oxygens (including phenoxy) is 1. The molecule has 0 aromatic heterocycles. The fourth-order valence-electron chi connectivity index (χ4n) is 1.77. The molecule has 0 amide bonds. The van der Waals surface area contributed by atoms with Crippen LogP contribution in [0.1, 0.15) is 11.1 Å². The molecule has 108 valence electrons. The van der Waals surface area contributed by atoms with Crippen molar-refractivity contribution >= 4 is 12.0 Å². The van der Waals surface area contributed by atoms with Gasteiger partial charge in [-0.2, -0.15) is 0 Å². The molecule has 0 bridgehead atoms. The van der Waals surface area contributed by atoms with Crippen LogP contribution in [-0.2, 0) is 11.4 Å². The molecule has 5 heteroatoms. The molecule has 2 aromatic carbocycles. The van der Waals surface area contributed by atoms with Crippen LogP contribution in [0, 0.1) is 5.82 Å². The van der Waals surface area contributed by atoms with Gasteiger partial charge in [-0.05, 0) is 29.8 Å². The van der Waals surface area contributed by atoms with Crippen molar-refractivity contribution in [1.29, 1.82) is 0 Å². The molecule has 2 aromatic rings. The van der Waals surface area contributed by atoms with Crippen LogP contribution in [0.3, 0.4) is 0 Å². The van der Waals surface area contributed by atoms with Gasteiger partial charge >= 0.3 is 5.97 Å². The largest absolute Gasteiger partial charge is 0.508 e. The normalized spacial score (nSPS) is 10.7. The second-order valence-corrected chi connectivity index (χ2v) is 4.29. The van der Waals surface area contributed by atoms with Gasteiger partial charge in [-0.15, -0.1) is 0 Å². The van der Waals surface area contributed by atoms with E-state index in [0.29, 0.717) is 11.1 Å². The van der Waals surface area contributed by atoms with E-state index in [1.807, 2.05) is 0 Å². The third-order valence-electron chi connectivity index (χ3n) is 2.70. The maximum atomic E-state index is 13.8. The summed E-state index contributed by atoms with van der Waals surface area (Å²) in [6.45, 7) is 0.0588. The number of phenolic OH excluding ortho intramolecular Hbond substituents is 1. The first-order valence-corrected chi connectivity index (χ1v) is 6.16. The number of rotatable bonds is 5. The van der Waals surface area contributed by atoms with Gasteiger partial charge < -0.3 is 14.9 Å². The minimum Gasteiger partial charge on any atom is -0.508 e. The average molecular weight is 288 g/mol. The SMILES string of the molecule is O=C(O)/C=C/c1cccc(F)c1OCc1cccc(O)c1. The molecular formula is C16H13FO4. The number of carboxylic acids is 1. The highest BCUT2D eigenvalue weighted by Gasteiger charge is 2.08. The van der Waals surface area contributed by atoms with Crippen LogP contribution >= 0.6 is 0 Å². The topological polar surface area (TPSA) is 66.8 Å². The summed E-state index contributed by atoms with van der Waals surface area (Å²) in [5, 5.41) is 18.0. The summed E-state index contributed by atoms with van der Waals surface area (Å²) in [7, 11) is 0. The molecule has 0 spiro atoms. The van der Waals surface area contributed by atoms with Crippen molar-refractivity contribution in [1.82, 2.24) is 0 Å². The van der Waals surface area contributed by atoms with E-state index in [1.54, 1.807) is 18.2 Å². The van der Waals surface area contributed by atoms with Crippen molar-refractivity contribution in [3.8, 4) is 11.5 Å². The van der Waals surface area contributed by atoms with E-state index in [9.17, 15) is 14.3 Å². The van der Waals surface area contributed by atoms with Gasteiger partial charge in [-0.1, -0.05) is 24.3 Å². The molecule has 0 atom stereocenters. The third-order valence-corrected chi connectivity index (χ3v) is 2.70. The van der Waals surface area contributed by atoms with E-state index in [-0.39, 0.29) is 18.1 Å². The number of benzene rings is 2. The molecule has 0 heterocycles. The van der Waals surface area contributed by atoms with E-state index in [1.165, 1.54) is 30.3 Å². The summed E-state index contributed by atoms with van der Waals surface area (Å²) in [4.78, 5) is 10.5. The number of hydrogen-bond donors (Lipinski definition) is 2. The Morgan fingerprint density at radius 2 is 2.00 bits per heavy atom. The zero-order chi connectivity index (χ0) is 15.2. The van der Waals surface area contributed by atoms with Crippen LogP contribution in [0.15, 0.2) is 48.5 Å². The standard InChI is InChI=1S/C16H13FO4/c17-14-6-2-4-12(7-8-15(19)20)16(14)21-10-11-3-1-5-13(18)9-11/h1-9,18H,10H2,(H,19,20)/b8-7+. The highest BCUT2D eigenvalue weighted by atomic mass is 19.1. The molecule has 2 N–H and O–H groups in total. The van der Waals surface area contributed by atoms with Crippen LogP contribution in [-0.4, -0.2) is 16.2 Å². The first-order chi connectivity index (χ1) is 10.1. The van der Waals surface area contributed by atoms with Gasteiger partial charge in [-0.3, -0.25) is 0 Å². The Morgan fingerprint density at radius 3 is 2.71 bits per heavy atom. The molecule has 0 aliphatic carbocycles. The van der Waals surface area contributed by atoms with Crippen LogP contribution in [0.2, 0.25) is 0 Å². The molecule has 2 rings (SSSR count). The summed E-state index contributed by atoms with van der Waals surface area (Å²) in [6, 6.07) is 10.7. The molecule has 0 unspecified atom stereocenters. The van der Waals surface area contributed by atoms with E-state index in [2.05, 4.69) is 0 Å². The molecule has 0 aliphatic rings. The highest BCUT2D eigenvalue weighted by molar-refractivity contribution is 5.85. The third kappa shape index (κ3) is 4.07. The van der Waals surface area contributed by atoms with E-state index < -0.39 is 11.8 Å². The molecule has 4 nitrogen and oxygen atoms in total. The van der Waals surface area contributed by atoms with Crippen molar-refractivity contribution in [3.05, 3.63) is 65.5 Å². The lowest BCUT2D eigenvalue weighted by molar-refractivity contribution is -0.131. The maximum Gasteiger partial charge on any atom is 0.328 e. The van der Waals surface area contributed by atoms with Crippen molar-refractivity contribution in [2.75, 3.05) is 0 Å². The van der Waals surface area contributed by atoms with Crippen LogP contribution < -0.4 is 4.74 Å². The summed E-state index contributed by atoms with van der Waals surface area (Å²) in [5.41, 5.74) is 1.00. The number of hydrogen-bond acceptors (Lipinski definition) is 3. The minimum atomic E-state index is -1.13. The lowest BCUT2D eigenvalue weighted by Gasteiger charge is -2.10. The molecule has 21 heavy (non-hydrogen) atoms. The van der Waals surface area contributed by atoms with Gasteiger partial charge in [0.15, 0.2) is 11.6 Å². The molecule has 0 aliphatic heterocycles. The Morgan fingerprint density at radius 1 is 1.24 bits per heavy atom. The second-order valence-electron chi connectivity index (χ2n) is 4.29. The Kier molecular flexibility index (Phi) is 4.56. The minimum absolute atomic E-state index is 0.0293. The van der Waals surface area contributed by atoms with E-state index >= 15 is 0 Å². The van der Waals surface area contributed by atoms with Crippen LogP contribution in [0.5, 0.6) is 11.5 Å². The maximum absolute atomic E-state index is 13.8. The lowest BCUT2D eigenvalue weighted by Crippen LogP contribution is -1.99. The number of aliphatic carboxylic acids is 1. The van der Waals surface area contributed by atoms with E-state index in [4.69, 9.17) is 9.84 Å². The van der Waals surface area contributed by atoms with Crippen LogP contribution in [0.25, 0.3) is 6.08 Å².